The molecule has 3 N–H and O–H groups in total. The number of carbonyl (C=O) groups is 1. The zero-order valence-electron chi connectivity index (χ0n) is 12.7. The van der Waals surface area contributed by atoms with Crippen LogP contribution in [0.3, 0.4) is 0 Å². The minimum absolute atomic E-state index is 0.0328. The van der Waals surface area contributed by atoms with Crippen molar-refractivity contribution in [2.45, 2.75) is 16.9 Å². The van der Waals surface area contributed by atoms with Crippen molar-refractivity contribution in [3.63, 3.8) is 0 Å². The third-order valence-electron chi connectivity index (χ3n) is 3.66. The lowest BCUT2D eigenvalue weighted by atomic mass is 10.0. The van der Waals surface area contributed by atoms with Crippen molar-refractivity contribution < 1.29 is 18.3 Å². The fourth-order valence-corrected chi connectivity index (χ4v) is 3.23. The van der Waals surface area contributed by atoms with E-state index in [9.17, 15) is 18.3 Å². The van der Waals surface area contributed by atoms with Gasteiger partial charge in [0.25, 0.3) is 5.91 Å². The van der Waals surface area contributed by atoms with Crippen LogP contribution < -0.4 is 5.14 Å². The minimum Gasteiger partial charge on any atom is -0.387 e. The summed E-state index contributed by atoms with van der Waals surface area (Å²) < 4.78 is 22.4. The SMILES string of the molecule is CN(C)C[C@]1(O)CCN(C(=O)c2ccc(S(N)(=O)=O)cc2)C1. The minimum atomic E-state index is -3.77. The van der Waals surface area contributed by atoms with Gasteiger partial charge in [0.2, 0.25) is 10.0 Å². The van der Waals surface area contributed by atoms with Crippen LogP contribution >= 0.6 is 0 Å². The molecule has 122 valence electrons. The molecule has 1 aromatic carbocycles. The first-order valence-electron chi connectivity index (χ1n) is 6.90. The molecule has 1 atom stereocenters. The number of nitrogens with two attached hydrogens (primary N) is 1. The molecule has 1 aromatic rings. The van der Waals surface area contributed by atoms with Crippen LogP contribution in [0.15, 0.2) is 29.2 Å². The fourth-order valence-electron chi connectivity index (χ4n) is 2.72. The molecule has 22 heavy (non-hydrogen) atoms. The van der Waals surface area contributed by atoms with Gasteiger partial charge in [0.1, 0.15) is 0 Å². The molecule has 0 spiro atoms. The van der Waals surface area contributed by atoms with Gasteiger partial charge in [-0.3, -0.25) is 4.79 Å². The number of aliphatic hydroxyl groups is 1. The van der Waals surface area contributed by atoms with E-state index in [0.29, 0.717) is 25.1 Å². The van der Waals surface area contributed by atoms with Crippen molar-refractivity contribution in [3.05, 3.63) is 29.8 Å². The van der Waals surface area contributed by atoms with Crippen LogP contribution in [-0.2, 0) is 10.0 Å². The monoisotopic (exact) mass is 327 g/mol. The maximum absolute atomic E-state index is 12.4. The molecule has 0 unspecified atom stereocenters. The van der Waals surface area contributed by atoms with Crippen LogP contribution in [0.25, 0.3) is 0 Å². The Labute approximate surface area is 130 Å². The largest absolute Gasteiger partial charge is 0.387 e. The van der Waals surface area contributed by atoms with E-state index >= 15 is 0 Å². The molecule has 1 heterocycles. The van der Waals surface area contributed by atoms with Crippen LogP contribution in [0.2, 0.25) is 0 Å². The second kappa shape index (κ2) is 5.96. The zero-order chi connectivity index (χ0) is 16.5. The van der Waals surface area contributed by atoms with Crippen molar-refractivity contribution in [2.24, 2.45) is 5.14 Å². The molecule has 1 amide bonds. The van der Waals surface area contributed by atoms with E-state index in [1.54, 1.807) is 4.90 Å². The quantitative estimate of drug-likeness (QED) is 0.774. The van der Waals surface area contributed by atoms with Gasteiger partial charge in [-0.15, -0.1) is 0 Å². The lowest BCUT2D eigenvalue weighted by Crippen LogP contribution is -2.43. The number of carbonyl (C=O) groups excluding carboxylic acids is 1. The van der Waals surface area contributed by atoms with Gasteiger partial charge in [0, 0.05) is 18.7 Å². The molecule has 1 aliphatic heterocycles. The molecular formula is C14H21N3O4S. The highest BCUT2D eigenvalue weighted by molar-refractivity contribution is 7.89. The summed E-state index contributed by atoms with van der Waals surface area (Å²) in [5, 5.41) is 15.5. The highest BCUT2D eigenvalue weighted by Gasteiger charge is 2.38. The standard InChI is InChI=1S/C14H21N3O4S/c1-16(2)9-14(19)7-8-17(10-14)13(18)11-3-5-12(6-4-11)22(15,20)21/h3-6,19H,7-10H2,1-2H3,(H2,15,20,21)/t14-/m1/s1. The van der Waals surface area contributed by atoms with Gasteiger partial charge in [-0.05, 0) is 44.8 Å². The van der Waals surface area contributed by atoms with E-state index in [-0.39, 0.29) is 17.3 Å². The Morgan fingerprint density at radius 2 is 1.95 bits per heavy atom. The van der Waals surface area contributed by atoms with Crippen LogP contribution in [0.1, 0.15) is 16.8 Å². The molecule has 0 radical (unpaired) electrons. The summed E-state index contributed by atoms with van der Waals surface area (Å²) in [7, 11) is -0.0278. The number of likely N-dealkylation sites (tertiary alicyclic amines) is 1. The van der Waals surface area contributed by atoms with Gasteiger partial charge >= 0.3 is 0 Å². The van der Waals surface area contributed by atoms with Crippen molar-refractivity contribution in [3.8, 4) is 0 Å². The van der Waals surface area contributed by atoms with Crippen LogP contribution in [-0.4, -0.2) is 68.6 Å². The Kier molecular flexibility index (Phi) is 4.57. The first-order valence-corrected chi connectivity index (χ1v) is 8.45. The average Bonchev–Trinajstić information content (AvgIpc) is 2.78. The molecular weight excluding hydrogens is 306 g/mol. The first-order chi connectivity index (χ1) is 10.1. The maximum atomic E-state index is 12.4. The molecule has 0 saturated carbocycles. The van der Waals surface area contributed by atoms with E-state index in [4.69, 9.17) is 5.14 Å². The first kappa shape index (κ1) is 16.9. The second-order valence-electron chi connectivity index (χ2n) is 6.01. The number of primary sulfonamides is 1. The molecule has 2 rings (SSSR count). The Balaban J connectivity index is 2.10. The molecule has 0 bridgehead atoms. The number of hydrogen-bond donors (Lipinski definition) is 2. The summed E-state index contributed by atoms with van der Waals surface area (Å²) >= 11 is 0. The van der Waals surface area contributed by atoms with Crippen LogP contribution in [0.5, 0.6) is 0 Å². The van der Waals surface area contributed by atoms with E-state index in [0.717, 1.165) is 0 Å². The van der Waals surface area contributed by atoms with E-state index < -0.39 is 15.6 Å². The lowest BCUT2D eigenvalue weighted by molar-refractivity contribution is 0.0236. The van der Waals surface area contributed by atoms with Crippen LogP contribution in [0, 0.1) is 0 Å². The molecule has 0 aromatic heterocycles. The van der Waals surface area contributed by atoms with Crippen molar-refractivity contribution >= 4 is 15.9 Å². The highest BCUT2D eigenvalue weighted by atomic mass is 32.2. The highest BCUT2D eigenvalue weighted by Crippen LogP contribution is 2.23. The number of β-amino-alcohol motifs (C(OH)–C–C–N with tert-alkyl or cyclic N) is 1. The second-order valence-corrected chi connectivity index (χ2v) is 7.57. The predicted octanol–water partition coefficient (Wildman–Crippen LogP) is -0.527. The lowest BCUT2D eigenvalue weighted by Gasteiger charge is -2.26. The Hall–Kier alpha value is -1.48. The Morgan fingerprint density at radius 3 is 2.45 bits per heavy atom. The number of nitrogens with zero attached hydrogens (tertiary/aromatic N) is 2. The molecule has 1 saturated heterocycles. The van der Waals surface area contributed by atoms with Crippen molar-refractivity contribution in [1.82, 2.24) is 9.80 Å². The summed E-state index contributed by atoms with van der Waals surface area (Å²) in [6, 6.07) is 5.49. The number of likely N-dealkylation sites (N-methyl/N-ethyl adjacent to an activating group) is 1. The summed E-state index contributed by atoms with van der Waals surface area (Å²) in [5.74, 6) is -0.226. The molecule has 8 heteroatoms. The zero-order valence-corrected chi connectivity index (χ0v) is 13.5. The predicted molar refractivity (Wildman–Crippen MR) is 81.8 cm³/mol. The number of hydrogen-bond acceptors (Lipinski definition) is 5. The molecule has 1 fully saturated rings. The maximum Gasteiger partial charge on any atom is 0.253 e. The summed E-state index contributed by atoms with van der Waals surface area (Å²) in [6.07, 6.45) is 0.520. The van der Waals surface area contributed by atoms with Gasteiger partial charge in [0.05, 0.1) is 17.0 Å². The molecule has 1 aliphatic rings. The third kappa shape index (κ3) is 3.83. The number of rotatable bonds is 4. The van der Waals surface area contributed by atoms with E-state index in [1.165, 1.54) is 24.3 Å². The summed E-state index contributed by atoms with van der Waals surface area (Å²) in [6.45, 7) is 1.22. The molecule has 0 aliphatic carbocycles. The Morgan fingerprint density at radius 1 is 1.36 bits per heavy atom. The summed E-state index contributed by atoms with van der Waals surface area (Å²) in [5.41, 5.74) is -0.527. The molecule has 7 nitrogen and oxygen atoms in total. The number of benzene rings is 1. The van der Waals surface area contributed by atoms with Gasteiger partial charge in [0.15, 0.2) is 0 Å². The van der Waals surface area contributed by atoms with Crippen molar-refractivity contribution in [1.29, 1.82) is 0 Å². The Bertz CT molecular complexity index is 657. The number of sulfonamides is 1. The van der Waals surface area contributed by atoms with Gasteiger partial charge < -0.3 is 14.9 Å². The topological polar surface area (TPSA) is 104 Å². The van der Waals surface area contributed by atoms with Crippen LogP contribution in [0.4, 0.5) is 0 Å². The van der Waals surface area contributed by atoms with E-state index in [1.807, 2.05) is 19.0 Å². The van der Waals surface area contributed by atoms with Crippen molar-refractivity contribution in [2.75, 3.05) is 33.7 Å². The van der Waals surface area contributed by atoms with Gasteiger partial charge in [-0.2, -0.15) is 0 Å². The van der Waals surface area contributed by atoms with Gasteiger partial charge in [-0.1, -0.05) is 0 Å². The van der Waals surface area contributed by atoms with Gasteiger partial charge in [-0.25, -0.2) is 13.6 Å². The summed E-state index contributed by atoms with van der Waals surface area (Å²) in [4.78, 5) is 15.8. The normalized spacial score (nSPS) is 22.3. The third-order valence-corrected chi connectivity index (χ3v) is 4.59. The fraction of sp³-hybridized carbons (Fsp3) is 0.500. The smallest absolute Gasteiger partial charge is 0.253 e. The van der Waals surface area contributed by atoms with E-state index in [2.05, 4.69) is 0 Å². The number of amides is 1. The average molecular weight is 327 g/mol.